The molecule has 1 aromatic rings. The third-order valence-electron chi connectivity index (χ3n) is 3.87. The predicted octanol–water partition coefficient (Wildman–Crippen LogP) is 2.53. The van der Waals surface area contributed by atoms with Crippen LogP contribution < -0.4 is 9.47 Å². The van der Waals surface area contributed by atoms with Crippen LogP contribution in [0, 0.1) is 5.92 Å². The maximum Gasteiger partial charge on any atom is 0.310 e. The Bertz CT molecular complexity index is 560. The fraction of sp³-hybridized carbons (Fsp3) is 0.600. The second-order valence-electron chi connectivity index (χ2n) is 6.01. The van der Waals surface area contributed by atoms with Gasteiger partial charge in [0.2, 0.25) is 0 Å². The van der Waals surface area contributed by atoms with Crippen molar-refractivity contribution in [2.75, 3.05) is 46.6 Å². The highest BCUT2D eigenvalue weighted by Gasteiger charge is 2.21. The number of hydrogen-bond acceptors (Lipinski definition) is 6. The zero-order valence-electron chi connectivity index (χ0n) is 16.7. The average Bonchev–Trinajstić information content (AvgIpc) is 2.68. The Morgan fingerprint density at radius 3 is 2.22 bits per heavy atom. The number of carbonyl (C=O) groups excluding carboxylic acids is 2. The fourth-order valence-corrected chi connectivity index (χ4v) is 2.46. The van der Waals surface area contributed by atoms with Crippen molar-refractivity contribution in [3.05, 3.63) is 24.3 Å². The van der Waals surface area contributed by atoms with Gasteiger partial charge in [-0.1, -0.05) is 6.92 Å². The highest BCUT2D eigenvalue weighted by Crippen LogP contribution is 2.17. The van der Waals surface area contributed by atoms with Crippen LogP contribution in [-0.2, 0) is 19.1 Å². The summed E-state index contributed by atoms with van der Waals surface area (Å²) in [6, 6.07) is 7.11. The summed E-state index contributed by atoms with van der Waals surface area (Å²) in [4.78, 5) is 25.9. The summed E-state index contributed by atoms with van der Waals surface area (Å²) in [5.74, 6) is 0.403. The Morgan fingerprint density at radius 2 is 1.67 bits per heavy atom. The molecule has 0 fully saturated rings. The highest BCUT2D eigenvalue weighted by molar-refractivity contribution is 5.79. The zero-order chi connectivity index (χ0) is 20.1. The third-order valence-corrected chi connectivity index (χ3v) is 3.87. The number of nitrogens with zero attached hydrogens (tertiary/aromatic N) is 1. The number of esters is 1. The van der Waals surface area contributed by atoms with Crippen LogP contribution in [0.1, 0.15) is 27.2 Å². The second kappa shape index (κ2) is 13.0. The second-order valence-corrected chi connectivity index (χ2v) is 6.01. The number of carbonyl (C=O) groups is 2. The first kappa shape index (κ1) is 22.8. The number of amides is 1. The van der Waals surface area contributed by atoms with Crippen molar-refractivity contribution in [2.24, 2.45) is 5.92 Å². The molecule has 0 bridgehead atoms. The molecule has 7 nitrogen and oxygen atoms in total. The molecule has 1 rings (SSSR count). The Balaban J connectivity index is 2.60. The van der Waals surface area contributed by atoms with Gasteiger partial charge < -0.3 is 23.8 Å². The molecule has 1 aromatic carbocycles. The Morgan fingerprint density at radius 1 is 1.04 bits per heavy atom. The molecule has 27 heavy (non-hydrogen) atoms. The minimum absolute atomic E-state index is 0.101. The molecule has 0 saturated carbocycles. The van der Waals surface area contributed by atoms with Gasteiger partial charge in [-0.3, -0.25) is 9.59 Å². The van der Waals surface area contributed by atoms with Crippen molar-refractivity contribution in [3.63, 3.8) is 0 Å². The van der Waals surface area contributed by atoms with Gasteiger partial charge in [0.05, 0.1) is 19.6 Å². The SMILES string of the molecule is CCOCCCN(CC(C)C(=O)OC)C(=O)COc1ccc(OCC)cc1. The first-order chi connectivity index (χ1) is 13.0. The molecule has 0 radical (unpaired) electrons. The summed E-state index contributed by atoms with van der Waals surface area (Å²) in [7, 11) is 1.34. The van der Waals surface area contributed by atoms with E-state index < -0.39 is 5.92 Å². The van der Waals surface area contributed by atoms with Crippen molar-refractivity contribution in [3.8, 4) is 11.5 Å². The van der Waals surface area contributed by atoms with Gasteiger partial charge in [-0.2, -0.15) is 0 Å². The maximum absolute atomic E-state index is 12.6. The lowest BCUT2D eigenvalue weighted by Crippen LogP contribution is -2.40. The molecule has 0 spiro atoms. The number of hydrogen-bond donors (Lipinski definition) is 0. The van der Waals surface area contributed by atoms with E-state index in [0.29, 0.717) is 38.5 Å². The van der Waals surface area contributed by atoms with E-state index in [9.17, 15) is 9.59 Å². The normalized spacial score (nSPS) is 11.6. The minimum Gasteiger partial charge on any atom is -0.494 e. The largest absolute Gasteiger partial charge is 0.494 e. The van der Waals surface area contributed by atoms with Crippen LogP contribution in [0.3, 0.4) is 0 Å². The lowest BCUT2D eigenvalue weighted by Gasteiger charge is -2.25. The molecule has 0 aliphatic heterocycles. The van der Waals surface area contributed by atoms with E-state index in [1.165, 1.54) is 7.11 Å². The van der Waals surface area contributed by atoms with Gasteiger partial charge in [-0.25, -0.2) is 0 Å². The molecule has 0 aliphatic carbocycles. The van der Waals surface area contributed by atoms with Gasteiger partial charge >= 0.3 is 5.97 Å². The van der Waals surface area contributed by atoms with Gasteiger partial charge in [0, 0.05) is 26.3 Å². The van der Waals surface area contributed by atoms with Crippen LogP contribution in [0.25, 0.3) is 0 Å². The third kappa shape index (κ3) is 8.77. The van der Waals surface area contributed by atoms with E-state index in [1.807, 2.05) is 13.8 Å². The Labute approximate surface area is 161 Å². The summed E-state index contributed by atoms with van der Waals surface area (Å²) in [6.45, 7) is 8.04. The number of ether oxygens (including phenoxy) is 4. The van der Waals surface area contributed by atoms with Crippen molar-refractivity contribution < 1.29 is 28.5 Å². The fourth-order valence-electron chi connectivity index (χ4n) is 2.46. The van der Waals surface area contributed by atoms with Gasteiger partial charge in [0.25, 0.3) is 5.91 Å². The van der Waals surface area contributed by atoms with Crippen LogP contribution >= 0.6 is 0 Å². The van der Waals surface area contributed by atoms with Crippen LogP contribution in [-0.4, -0.2) is 63.4 Å². The van der Waals surface area contributed by atoms with E-state index in [4.69, 9.17) is 18.9 Å². The van der Waals surface area contributed by atoms with Crippen LogP contribution in [0.2, 0.25) is 0 Å². The molecular weight excluding hydrogens is 350 g/mol. The lowest BCUT2D eigenvalue weighted by molar-refractivity contribution is -0.146. The number of methoxy groups -OCH3 is 1. The predicted molar refractivity (Wildman–Crippen MR) is 102 cm³/mol. The summed E-state index contributed by atoms with van der Waals surface area (Å²) >= 11 is 0. The minimum atomic E-state index is -0.406. The number of rotatable bonds is 13. The topological polar surface area (TPSA) is 74.3 Å². The van der Waals surface area contributed by atoms with E-state index in [-0.39, 0.29) is 25.0 Å². The van der Waals surface area contributed by atoms with Gasteiger partial charge in [0.1, 0.15) is 11.5 Å². The van der Waals surface area contributed by atoms with E-state index in [0.717, 1.165) is 5.75 Å². The molecule has 1 unspecified atom stereocenters. The van der Waals surface area contributed by atoms with Crippen LogP contribution in [0.15, 0.2) is 24.3 Å². The molecule has 0 N–H and O–H groups in total. The summed E-state index contributed by atoms with van der Waals surface area (Å²) in [5.41, 5.74) is 0. The molecule has 0 heterocycles. The molecular formula is C20H31NO6. The molecule has 7 heteroatoms. The average molecular weight is 381 g/mol. The van der Waals surface area contributed by atoms with E-state index in [1.54, 1.807) is 36.1 Å². The zero-order valence-corrected chi connectivity index (χ0v) is 16.7. The molecule has 1 amide bonds. The molecule has 1 atom stereocenters. The standard InChI is InChI=1S/C20H31NO6/c1-5-25-13-7-12-21(14-16(3)20(23)24-4)19(22)15-27-18-10-8-17(9-11-18)26-6-2/h8-11,16H,5-7,12-15H2,1-4H3. The van der Waals surface area contributed by atoms with E-state index in [2.05, 4.69) is 0 Å². The quantitative estimate of drug-likeness (QED) is 0.386. The van der Waals surface area contributed by atoms with Gasteiger partial charge in [-0.15, -0.1) is 0 Å². The van der Waals surface area contributed by atoms with Crippen molar-refractivity contribution in [2.45, 2.75) is 27.2 Å². The monoisotopic (exact) mass is 381 g/mol. The first-order valence-corrected chi connectivity index (χ1v) is 9.30. The van der Waals surface area contributed by atoms with E-state index >= 15 is 0 Å². The molecule has 0 aliphatic rings. The summed E-state index contributed by atoms with van der Waals surface area (Å²) in [6.07, 6.45) is 0.691. The van der Waals surface area contributed by atoms with Crippen LogP contribution in [0.4, 0.5) is 0 Å². The summed E-state index contributed by atoms with van der Waals surface area (Å²) in [5, 5.41) is 0. The molecule has 0 aromatic heterocycles. The molecule has 152 valence electrons. The van der Waals surface area contributed by atoms with Crippen LogP contribution in [0.5, 0.6) is 11.5 Å². The van der Waals surface area contributed by atoms with Gasteiger partial charge in [0.15, 0.2) is 6.61 Å². The van der Waals surface area contributed by atoms with Crippen molar-refractivity contribution in [1.82, 2.24) is 4.90 Å². The molecule has 0 saturated heterocycles. The summed E-state index contributed by atoms with van der Waals surface area (Å²) < 4.78 is 21.0. The number of benzene rings is 1. The lowest BCUT2D eigenvalue weighted by atomic mass is 10.1. The van der Waals surface area contributed by atoms with Gasteiger partial charge in [-0.05, 0) is 44.5 Å². The Hall–Kier alpha value is -2.28. The smallest absolute Gasteiger partial charge is 0.310 e. The Kier molecular flexibility index (Phi) is 10.9. The van der Waals surface area contributed by atoms with Crippen molar-refractivity contribution >= 4 is 11.9 Å². The first-order valence-electron chi connectivity index (χ1n) is 9.30. The maximum atomic E-state index is 12.6. The van der Waals surface area contributed by atoms with Crippen molar-refractivity contribution in [1.29, 1.82) is 0 Å². The highest BCUT2D eigenvalue weighted by atomic mass is 16.5.